The van der Waals surface area contributed by atoms with Crippen LogP contribution in [0, 0.1) is 5.92 Å². The highest BCUT2D eigenvalue weighted by atomic mass is 16.4. The summed E-state index contributed by atoms with van der Waals surface area (Å²) < 4.78 is 0. The molecule has 0 spiro atoms. The lowest BCUT2D eigenvalue weighted by Gasteiger charge is -2.31. The molecule has 1 fully saturated rings. The smallest absolute Gasteiger partial charge is 0.308 e. The van der Waals surface area contributed by atoms with Crippen molar-refractivity contribution in [3.05, 3.63) is 29.8 Å². The third-order valence-electron chi connectivity index (χ3n) is 3.67. The number of benzene rings is 1. The van der Waals surface area contributed by atoms with Gasteiger partial charge >= 0.3 is 5.97 Å². The number of hydrogen-bond donors (Lipinski definition) is 1. The van der Waals surface area contributed by atoms with Gasteiger partial charge in [-0.2, -0.15) is 0 Å². The van der Waals surface area contributed by atoms with Crippen molar-refractivity contribution < 1.29 is 14.7 Å². The van der Waals surface area contributed by atoms with Gasteiger partial charge in [-0.3, -0.25) is 9.59 Å². The van der Waals surface area contributed by atoms with Gasteiger partial charge in [-0.25, -0.2) is 0 Å². The summed E-state index contributed by atoms with van der Waals surface area (Å²) in [6.07, 6.45) is 1.40. The van der Waals surface area contributed by atoms with E-state index in [2.05, 4.69) is 0 Å². The van der Waals surface area contributed by atoms with Crippen LogP contribution in [0.4, 0.5) is 5.69 Å². The van der Waals surface area contributed by atoms with Gasteiger partial charge in [0.05, 0.1) is 5.92 Å². The first-order chi connectivity index (χ1) is 9.49. The van der Waals surface area contributed by atoms with Crippen molar-refractivity contribution in [1.82, 2.24) is 4.90 Å². The lowest BCUT2D eigenvalue weighted by atomic mass is 9.97. The summed E-state index contributed by atoms with van der Waals surface area (Å²) in [5.41, 5.74) is 1.57. The minimum Gasteiger partial charge on any atom is -0.481 e. The highest BCUT2D eigenvalue weighted by molar-refractivity contribution is 5.95. The Bertz CT molecular complexity index is 514. The van der Waals surface area contributed by atoms with Crippen molar-refractivity contribution in [2.45, 2.75) is 12.8 Å². The second-order valence-electron chi connectivity index (χ2n) is 5.37. The largest absolute Gasteiger partial charge is 0.481 e. The van der Waals surface area contributed by atoms with Crippen LogP contribution in [0.1, 0.15) is 23.2 Å². The van der Waals surface area contributed by atoms with E-state index < -0.39 is 11.9 Å². The van der Waals surface area contributed by atoms with E-state index in [-0.39, 0.29) is 5.91 Å². The van der Waals surface area contributed by atoms with Crippen molar-refractivity contribution in [3.63, 3.8) is 0 Å². The molecule has 1 heterocycles. The maximum absolute atomic E-state index is 12.5. The van der Waals surface area contributed by atoms with E-state index in [1.807, 2.05) is 37.2 Å². The number of hydrogen-bond acceptors (Lipinski definition) is 3. The molecule has 0 aromatic heterocycles. The molecule has 1 amide bonds. The normalized spacial score (nSPS) is 18.7. The number of carboxylic acids is 1. The number of piperidine rings is 1. The average molecular weight is 276 g/mol. The van der Waals surface area contributed by atoms with E-state index in [1.165, 1.54) is 0 Å². The number of rotatable bonds is 3. The van der Waals surface area contributed by atoms with E-state index >= 15 is 0 Å². The molecule has 0 unspecified atom stereocenters. The number of carboxylic acid groups (broad SMARTS) is 1. The molecular formula is C15H20N2O3. The molecule has 1 aliphatic rings. The summed E-state index contributed by atoms with van der Waals surface area (Å²) >= 11 is 0. The fraction of sp³-hybridized carbons (Fsp3) is 0.467. The molecule has 1 aromatic rings. The Kier molecular flexibility index (Phi) is 4.27. The van der Waals surface area contributed by atoms with Crippen LogP contribution in [0.25, 0.3) is 0 Å². The molecule has 0 bridgehead atoms. The highest BCUT2D eigenvalue weighted by Gasteiger charge is 2.28. The van der Waals surface area contributed by atoms with Crippen LogP contribution in [0.15, 0.2) is 24.3 Å². The third kappa shape index (κ3) is 3.10. The van der Waals surface area contributed by atoms with Crippen molar-refractivity contribution >= 4 is 17.6 Å². The van der Waals surface area contributed by atoms with E-state index in [9.17, 15) is 9.59 Å². The number of aliphatic carboxylic acids is 1. The summed E-state index contributed by atoms with van der Waals surface area (Å²) in [6, 6.07) is 7.40. The zero-order chi connectivity index (χ0) is 14.7. The van der Waals surface area contributed by atoms with E-state index in [0.717, 1.165) is 12.1 Å². The summed E-state index contributed by atoms with van der Waals surface area (Å²) in [7, 11) is 3.84. The van der Waals surface area contributed by atoms with Gasteiger partial charge in [-0.15, -0.1) is 0 Å². The van der Waals surface area contributed by atoms with Gasteiger partial charge in [0.25, 0.3) is 5.91 Å². The number of likely N-dealkylation sites (tertiary alicyclic amines) is 1. The Balaban J connectivity index is 2.14. The Morgan fingerprint density at radius 1 is 1.35 bits per heavy atom. The highest BCUT2D eigenvalue weighted by Crippen LogP contribution is 2.20. The Morgan fingerprint density at radius 2 is 2.10 bits per heavy atom. The van der Waals surface area contributed by atoms with Crippen LogP contribution in [0.2, 0.25) is 0 Å². The van der Waals surface area contributed by atoms with Gasteiger partial charge in [-0.1, -0.05) is 6.07 Å². The summed E-state index contributed by atoms with van der Waals surface area (Å²) in [6.45, 7) is 0.940. The zero-order valence-corrected chi connectivity index (χ0v) is 11.9. The van der Waals surface area contributed by atoms with E-state index in [1.54, 1.807) is 11.0 Å². The fourth-order valence-electron chi connectivity index (χ4n) is 2.46. The second-order valence-corrected chi connectivity index (χ2v) is 5.37. The van der Waals surface area contributed by atoms with Gasteiger partial charge in [0.1, 0.15) is 0 Å². The van der Waals surface area contributed by atoms with Crippen LogP contribution in [0.5, 0.6) is 0 Å². The molecule has 1 aromatic carbocycles. The average Bonchev–Trinajstić information content (AvgIpc) is 2.46. The minimum atomic E-state index is -0.815. The van der Waals surface area contributed by atoms with Crippen molar-refractivity contribution in [2.24, 2.45) is 5.92 Å². The van der Waals surface area contributed by atoms with Crippen molar-refractivity contribution in [2.75, 3.05) is 32.1 Å². The standard InChI is InChI=1S/C15H20N2O3/c1-16(2)13-7-3-5-11(9-13)14(18)17-8-4-6-12(10-17)15(19)20/h3,5,7,9,12H,4,6,8,10H2,1-2H3,(H,19,20)/t12-/m1/s1. The van der Waals surface area contributed by atoms with Gasteiger partial charge in [-0.05, 0) is 31.0 Å². The van der Waals surface area contributed by atoms with Crippen LogP contribution in [-0.4, -0.2) is 49.1 Å². The molecule has 1 atom stereocenters. The molecule has 1 aliphatic heterocycles. The molecule has 0 saturated carbocycles. The molecule has 5 nitrogen and oxygen atoms in total. The quantitative estimate of drug-likeness (QED) is 0.912. The SMILES string of the molecule is CN(C)c1cccc(C(=O)N2CCC[C@@H](C(=O)O)C2)c1. The lowest BCUT2D eigenvalue weighted by molar-refractivity contribution is -0.143. The number of carbonyl (C=O) groups is 2. The third-order valence-corrected chi connectivity index (χ3v) is 3.67. The Morgan fingerprint density at radius 3 is 2.75 bits per heavy atom. The van der Waals surface area contributed by atoms with Gasteiger partial charge in [0.2, 0.25) is 0 Å². The monoisotopic (exact) mass is 276 g/mol. The van der Waals surface area contributed by atoms with Gasteiger partial charge in [0.15, 0.2) is 0 Å². The molecule has 2 rings (SSSR count). The van der Waals surface area contributed by atoms with Crippen molar-refractivity contribution in [1.29, 1.82) is 0 Å². The zero-order valence-electron chi connectivity index (χ0n) is 11.9. The minimum absolute atomic E-state index is 0.0837. The number of anilines is 1. The van der Waals surface area contributed by atoms with Crippen molar-refractivity contribution in [3.8, 4) is 0 Å². The summed E-state index contributed by atoms with van der Waals surface area (Å²) in [5.74, 6) is -1.34. The van der Waals surface area contributed by atoms with Crippen LogP contribution in [0.3, 0.4) is 0 Å². The molecule has 1 saturated heterocycles. The molecule has 5 heteroatoms. The first kappa shape index (κ1) is 14.4. The summed E-state index contributed by atoms with van der Waals surface area (Å²) in [5, 5.41) is 9.08. The Labute approximate surface area is 118 Å². The Hall–Kier alpha value is -2.04. The molecule has 0 radical (unpaired) electrons. The molecule has 0 aliphatic carbocycles. The van der Waals surface area contributed by atoms with Crippen LogP contribution < -0.4 is 4.90 Å². The molecule has 1 N–H and O–H groups in total. The van der Waals surface area contributed by atoms with E-state index in [0.29, 0.717) is 25.1 Å². The number of carbonyl (C=O) groups excluding carboxylic acids is 1. The second kappa shape index (κ2) is 5.94. The molecule has 20 heavy (non-hydrogen) atoms. The maximum atomic E-state index is 12.5. The molecular weight excluding hydrogens is 256 g/mol. The first-order valence-electron chi connectivity index (χ1n) is 6.78. The summed E-state index contributed by atoms with van der Waals surface area (Å²) in [4.78, 5) is 27.1. The number of nitrogens with zero attached hydrogens (tertiary/aromatic N) is 2. The first-order valence-corrected chi connectivity index (χ1v) is 6.78. The van der Waals surface area contributed by atoms with Crippen LogP contribution >= 0.6 is 0 Å². The lowest BCUT2D eigenvalue weighted by Crippen LogP contribution is -2.42. The van der Waals surface area contributed by atoms with Crippen LogP contribution in [-0.2, 0) is 4.79 Å². The fourth-order valence-corrected chi connectivity index (χ4v) is 2.46. The topological polar surface area (TPSA) is 60.9 Å². The van der Waals surface area contributed by atoms with E-state index in [4.69, 9.17) is 5.11 Å². The predicted octanol–water partition coefficient (Wildman–Crippen LogP) is 1.69. The van der Waals surface area contributed by atoms with Gasteiger partial charge < -0.3 is 14.9 Å². The number of amides is 1. The predicted molar refractivity (Wildman–Crippen MR) is 77.0 cm³/mol. The molecule has 108 valence electrons. The van der Waals surface area contributed by atoms with Gasteiger partial charge in [0, 0.05) is 38.4 Å². The maximum Gasteiger partial charge on any atom is 0.308 e.